The van der Waals surface area contributed by atoms with Gasteiger partial charge in [-0.05, 0) is 29.8 Å². The van der Waals surface area contributed by atoms with E-state index < -0.39 is 6.04 Å². The Morgan fingerprint density at radius 3 is 2.70 bits per heavy atom. The SMILES string of the molecule is COc1cccc(C(N)c2cc3cccc(F)c3o2)c1. The predicted molar refractivity (Wildman–Crippen MR) is 75.2 cm³/mol. The predicted octanol–water partition coefficient (Wildman–Crippen LogP) is 3.63. The number of para-hydroxylation sites is 1. The molecule has 4 heteroatoms. The summed E-state index contributed by atoms with van der Waals surface area (Å²) in [6.45, 7) is 0. The Labute approximate surface area is 115 Å². The summed E-state index contributed by atoms with van der Waals surface area (Å²) in [6.07, 6.45) is 0. The Bertz CT molecular complexity index is 751. The zero-order valence-corrected chi connectivity index (χ0v) is 11.0. The van der Waals surface area contributed by atoms with Crippen molar-refractivity contribution < 1.29 is 13.5 Å². The average molecular weight is 271 g/mol. The van der Waals surface area contributed by atoms with Crippen LogP contribution in [-0.2, 0) is 0 Å². The molecule has 3 rings (SSSR count). The Kier molecular flexibility index (Phi) is 3.16. The molecule has 20 heavy (non-hydrogen) atoms. The van der Waals surface area contributed by atoms with Crippen molar-refractivity contribution >= 4 is 11.0 Å². The van der Waals surface area contributed by atoms with E-state index in [1.165, 1.54) is 6.07 Å². The molecule has 0 fully saturated rings. The topological polar surface area (TPSA) is 48.4 Å². The van der Waals surface area contributed by atoms with Gasteiger partial charge in [0.25, 0.3) is 0 Å². The number of ether oxygens (including phenoxy) is 1. The summed E-state index contributed by atoms with van der Waals surface area (Å²) in [5, 5.41) is 0.707. The van der Waals surface area contributed by atoms with Gasteiger partial charge in [0.05, 0.1) is 13.2 Å². The number of nitrogens with two attached hydrogens (primary N) is 1. The summed E-state index contributed by atoms with van der Waals surface area (Å²) >= 11 is 0. The van der Waals surface area contributed by atoms with Crippen molar-refractivity contribution in [2.45, 2.75) is 6.04 Å². The summed E-state index contributed by atoms with van der Waals surface area (Å²) in [5.74, 6) is 0.866. The molecule has 1 unspecified atom stereocenters. The first-order valence-corrected chi connectivity index (χ1v) is 6.26. The summed E-state index contributed by atoms with van der Waals surface area (Å²) < 4.78 is 24.4. The molecule has 1 aromatic heterocycles. The highest BCUT2D eigenvalue weighted by Crippen LogP contribution is 2.29. The van der Waals surface area contributed by atoms with Gasteiger partial charge < -0.3 is 14.9 Å². The van der Waals surface area contributed by atoms with Crippen LogP contribution in [0.5, 0.6) is 5.75 Å². The summed E-state index contributed by atoms with van der Waals surface area (Å²) in [5.41, 5.74) is 7.27. The van der Waals surface area contributed by atoms with Gasteiger partial charge in [0.15, 0.2) is 11.4 Å². The fourth-order valence-corrected chi connectivity index (χ4v) is 2.20. The molecular weight excluding hydrogens is 257 g/mol. The Hall–Kier alpha value is -2.33. The number of methoxy groups -OCH3 is 1. The molecule has 0 aliphatic carbocycles. The fraction of sp³-hybridized carbons (Fsp3) is 0.125. The molecule has 0 spiro atoms. The Morgan fingerprint density at radius 1 is 1.15 bits per heavy atom. The molecule has 3 aromatic rings. The van der Waals surface area contributed by atoms with E-state index in [2.05, 4.69) is 0 Å². The average Bonchev–Trinajstić information content (AvgIpc) is 2.92. The maximum absolute atomic E-state index is 13.6. The van der Waals surface area contributed by atoms with Gasteiger partial charge in [-0.1, -0.05) is 24.3 Å². The number of halogens is 1. The van der Waals surface area contributed by atoms with Crippen LogP contribution < -0.4 is 10.5 Å². The third-order valence-electron chi connectivity index (χ3n) is 3.27. The van der Waals surface area contributed by atoms with E-state index in [-0.39, 0.29) is 11.4 Å². The van der Waals surface area contributed by atoms with Gasteiger partial charge in [-0.25, -0.2) is 4.39 Å². The molecule has 102 valence electrons. The molecule has 2 N–H and O–H groups in total. The summed E-state index contributed by atoms with van der Waals surface area (Å²) in [4.78, 5) is 0. The van der Waals surface area contributed by atoms with Crippen molar-refractivity contribution in [3.05, 3.63) is 65.7 Å². The smallest absolute Gasteiger partial charge is 0.169 e. The largest absolute Gasteiger partial charge is 0.497 e. The minimum atomic E-state index is -0.461. The van der Waals surface area contributed by atoms with Gasteiger partial charge in [0.2, 0.25) is 0 Å². The molecule has 3 nitrogen and oxygen atoms in total. The van der Waals surface area contributed by atoms with E-state index in [9.17, 15) is 4.39 Å². The Morgan fingerprint density at radius 2 is 1.95 bits per heavy atom. The molecule has 0 radical (unpaired) electrons. The lowest BCUT2D eigenvalue weighted by Crippen LogP contribution is -2.10. The first-order chi connectivity index (χ1) is 9.69. The van der Waals surface area contributed by atoms with Crippen molar-refractivity contribution in [3.8, 4) is 5.75 Å². The number of fused-ring (bicyclic) bond motifs is 1. The highest BCUT2D eigenvalue weighted by molar-refractivity contribution is 5.78. The maximum atomic E-state index is 13.6. The molecule has 1 atom stereocenters. The van der Waals surface area contributed by atoms with Gasteiger partial charge >= 0.3 is 0 Å². The van der Waals surface area contributed by atoms with Crippen LogP contribution in [0.3, 0.4) is 0 Å². The number of hydrogen-bond donors (Lipinski definition) is 1. The van der Waals surface area contributed by atoms with E-state index in [1.54, 1.807) is 25.3 Å². The van der Waals surface area contributed by atoms with Gasteiger partial charge in [-0.2, -0.15) is 0 Å². The third kappa shape index (κ3) is 2.14. The molecule has 0 saturated heterocycles. The fourth-order valence-electron chi connectivity index (χ4n) is 2.20. The van der Waals surface area contributed by atoms with Crippen LogP contribution in [0.1, 0.15) is 17.4 Å². The molecule has 1 heterocycles. The molecule has 0 aliphatic rings. The lowest BCUT2D eigenvalue weighted by atomic mass is 10.0. The quantitative estimate of drug-likeness (QED) is 0.791. The Balaban J connectivity index is 2.03. The molecular formula is C16H14FNO2. The van der Waals surface area contributed by atoms with Gasteiger partial charge in [-0.15, -0.1) is 0 Å². The second-order valence-electron chi connectivity index (χ2n) is 4.56. The normalized spacial score (nSPS) is 12.6. The van der Waals surface area contributed by atoms with Crippen molar-refractivity contribution in [1.82, 2.24) is 0 Å². The van der Waals surface area contributed by atoms with Crippen molar-refractivity contribution in [3.63, 3.8) is 0 Å². The molecule has 0 saturated carbocycles. The van der Waals surface area contributed by atoms with Gasteiger partial charge in [-0.3, -0.25) is 0 Å². The maximum Gasteiger partial charge on any atom is 0.169 e. The highest BCUT2D eigenvalue weighted by Gasteiger charge is 2.16. The number of rotatable bonds is 3. The number of hydrogen-bond acceptors (Lipinski definition) is 3. The standard InChI is InChI=1S/C16H14FNO2/c1-19-12-6-2-4-10(8-12)15(18)14-9-11-5-3-7-13(17)16(11)20-14/h2-9,15H,18H2,1H3. The van der Waals surface area contributed by atoms with Crippen LogP contribution in [0.15, 0.2) is 52.9 Å². The van der Waals surface area contributed by atoms with Crippen molar-refractivity contribution in [2.24, 2.45) is 5.73 Å². The summed E-state index contributed by atoms with van der Waals surface area (Å²) in [6, 6.07) is 13.5. The van der Waals surface area contributed by atoms with Crippen LogP contribution in [0.2, 0.25) is 0 Å². The molecule has 2 aromatic carbocycles. The van der Waals surface area contributed by atoms with Crippen molar-refractivity contribution in [2.75, 3.05) is 7.11 Å². The monoisotopic (exact) mass is 271 g/mol. The van der Waals surface area contributed by atoms with E-state index in [1.807, 2.05) is 24.3 Å². The highest BCUT2D eigenvalue weighted by atomic mass is 19.1. The molecule has 0 aliphatic heterocycles. The number of benzene rings is 2. The molecule has 0 amide bonds. The lowest BCUT2D eigenvalue weighted by Gasteiger charge is -2.10. The van der Waals surface area contributed by atoms with E-state index in [4.69, 9.17) is 14.9 Å². The van der Waals surface area contributed by atoms with E-state index in [0.717, 1.165) is 11.3 Å². The van der Waals surface area contributed by atoms with Crippen LogP contribution in [0, 0.1) is 5.82 Å². The van der Waals surface area contributed by atoms with Gasteiger partial charge in [0.1, 0.15) is 11.5 Å². The molecule has 0 bridgehead atoms. The van der Waals surface area contributed by atoms with Crippen molar-refractivity contribution in [1.29, 1.82) is 0 Å². The third-order valence-corrected chi connectivity index (χ3v) is 3.27. The second kappa shape index (κ2) is 4.98. The second-order valence-corrected chi connectivity index (χ2v) is 4.56. The first-order valence-electron chi connectivity index (χ1n) is 6.26. The van der Waals surface area contributed by atoms with Crippen LogP contribution in [0.25, 0.3) is 11.0 Å². The minimum Gasteiger partial charge on any atom is -0.497 e. The zero-order chi connectivity index (χ0) is 14.1. The van der Waals surface area contributed by atoms with E-state index in [0.29, 0.717) is 11.1 Å². The minimum absolute atomic E-state index is 0.237. The zero-order valence-electron chi connectivity index (χ0n) is 11.0. The van der Waals surface area contributed by atoms with E-state index >= 15 is 0 Å². The van der Waals surface area contributed by atoms with Gasteiger partial charge in [0, 0.05) is 5.39 Å². The number of furan rings is 1. The van der Waals surface area contributed by atoms with Crippen LogP contribution >= 0.6 is 0 Å². The summed E-state index contributed by atoms with van der Waals surface area (Å²) in [7, 11) is 1.60. The lowest BCUT2D eigenvalue weighted by molar-refractivity contribution is 0.413. The van der Waals surface area contributed by atoms with Crippen LogP contribution in [0.4, 0.5) is 4.39 Å². The van der Waals surface area contributed by atoms with Crippen LogP contribution in [-0.4, -0.2) is 7.11 Å². The first kappa shape index (κ1) is 12.7.